The van der Waals surface area contributed by atoms with E-state index < -0.39 is 0 Å². The van der Waals surface area contributed by atoms with Crippen molar-refractivity contribution in [1.82, 2.24) is 10.1 Å². The maximum absolute atomic E-state index is 5.91. The molecule has 2 atom stereocenters. The Bertz CT molecular complexity index is 576. The first-order chi connectivity index (χ1) is 8.79. The highest BCUT2D eigenvalue weighted by Gasteiger charge is 2.31. The van der Waals surface area contributed by atoms with Crippen LogP contribution in [0.3, 0.4) is 0 Å². The molecule has 1 aromatic carbocycles. The van der Waals surface area contributed by atoms with Gasteiger partial charge in [0, 0.05) is 0 Å². The Morgan fingerprint density at radius 3 is 3.11 bits per heavy atom. The molecule has 2 aromatic rings. The molecule has 18 heavy (non-hydrogen) atoms. The SMILES string of the molecule is C=CCC(N)c1nc(C2Cc3ccccc32)no1. The highest BCUT2D eigenvalue weighted by atomic mass is 16.5. The van der Waals surface area contributed by atoms with E-state index in [4.69, 9.17) is 10.3 Å². The minimum atomic E-state index is -0.251. The number of rotatable bonds is 4. The van der Waals surface area contributed by atoms with Crippen LogP contribution in [0.1, 0.15) is 41.2 Å². The fourth-order valence-electron chi connectivity index (χ4n) is 2.31. The molecule has 3 rings (SSSR count). The molecule has 2 unspecified atom stereocenters. The molecule has 1 aromatic heterocycles. The van der Waals surface area contributed by atoms with Crippen molar-refractivity contribution in [2.75, 3.05) is 0 Å². The number of aromatic nitrogens is 2. The topological polar surface area (TPSA) is 64.9 Å². The van der Waals surface area contributed by atoms with E-state index in [2.05, 4.69) is 34.9 Å². The zero-order valence-corrected chi connectivity index (χ0v) is 10.0. The summed E-state index contributed by atoms with van der Waals surface area (Å²) in [6.07, 6.45) is 3.38. The number of hydrogen-bond donors (Lipinski definition) is 1. The van der Waals surface area contributed by atoms with Gasteiger partial charge in [-0.25, -0.2) is 0 Å². The van der Waals surface area contributed by atoms with Gasteiger partial charge in [-0.05, 0) is 24.0 Å². The van der Waals surface area contributed by atoms with E-state index >= 15 is 0 Å². The summed E-state index contributed by atoms with van der Waals surface area (Å²) in [4.78, 5) is 4.40. The number of nitrogens with zero attached hydrogens (tertiary/aromatic N) is 2. The molecule has 0 amide bonds. The molecular weight excluding hydrogens is 226 g/mol. The summed E-state index contributed by atoms with van der Waals surface area (Å²) in [6.45, 7) is 3.66. The van der Waals surface area contributed by atoms with Crippen molar-refractivity contribution in [2.45, 2.75) is 24.8 Å². The van der Waals surface area contributed by atoms with Crippen LogP contribution in [0.4, 0.5) is 0 Å². The molecule has 1 aliphatic carbocycles. The molecule has 4 nitrogen and oxygen atoms in total. The van der Waals surface area contributed by atoms with Gasteiger partial charge in [0.05, 0.1) is 12.0 Å². The average molecular weight is 241 g/mol. The normalized spacial score (nSPS) is 18.8. The van der Waals surface area contributed by atoms with E-state index in [1.807, 2.05) is 6.07 Å². The molecule has 0 radical (unpaired) electrons. The molecule has 92 valence electrons. The van der Waals surface area contributed by atoms with E-state index in [0.29, 0.717) is 12.3 Å². The Balaban J connectivity index is 1.82. The summed E-state index contributed by atoms with van der Waals surface area (Å²) >= 11 is 0. The van der Waals surface area contributed by atoms with Crippen LogP contribution in [-0.2, 0) is 6.42 Å². The zero-order valence-electron chi connectivity index (χ0n) is 10.0. The second kappa shape index (κ2) is 4.38. The van der Waals surface area contributed by atoms with E-state index in [-0.39, 0.29) is 12.0 Å². The molecule has 0 fully saturated rings. The van der Waals surface area contributed by atoms with Crippen LogP contribution in [0.5, 0.6) is 0 Å². The van der Waals surface area contributed by atoms with Crippen LogP contribution >= 0.6 is 0 Å². The predicted octanol–water partition coefficient (Wildman–Crippen LogP) is 2.33. The Morgan fingerprint density at radius 2 is 2.33 bits per heavy atom. The molecule has 0 bridgehead atoms. The van der Waals surface area contributed by atoms with Gasteiger partial charge in [-0.1, -0.05) is 35.5 Å². The summed E-state index contributed by atoms with van der Waals surface area (Å²) in [6, 6.07) is 8.09. The second-order valence-corrected chi connectivity index (χ2v) is 4.58. The van der Waals surface area contributed by atoms with Gasteiger partial charge >= 0.3 is 0 Å². The third kappa shape index (κ3) is 1.75. The lowest BCUT2D eigenvalue weighted by Crippen LogP contribution is -2.19. The second-order valence-electron chi connectivity index (χ2n) is 4.58. The Morgan fingerprint density at radius 1 is 1.50 bits per heavy atom. The van der Waals surface area contributed by atoms with Crippen LogP contribution < -0.4 is 5.73 Å². The van der Waals surface area contributed by atoms with Crippen molar-refractivity contribution in [3.8, 4) is 0 Å². The average Bonchev–Trinajstić information content (AvgIpc) is 2.80. The standard InChI is InChI=1S/C14H15N3O/c1-2-5-12(15)14-16-13(17-18-14)11-8-9-6-3-4-7-10(9)11/h2-4,6-7,11-12H,1,5,8,15H2. The largest absolute Gasteiger partial charge is 0.338 e. The summed E-state index contributed by atoms with van der Waals surface area (Å²) in [5, 5.41) is 4.04. The third-order valence-corrected chi connectivity index (χ3v) is 3.36. The highest BCUT2D eigenvalue weighted by molar-refractivity contribution is 5.43. The molecule has 0 aliphatic heterocycles. The molecule has 1 heterocycles. The van der Waals surface area contributed by atoms with Crippen LogP contribution in [-0.4, -0.2) is 10.1 Å². The number of nitrogens with two attached hydrogens (primary N) is 1. The van der Waals surface area contributed by atoms with Gasteiger partial charge in [0.15, 0.2) is 5.82 Å². The summed E-state index contributed by atoms with van der Waals surface area (Å²) in [5.74, 6) is 1.49. The van der Waals surface area contributed by atoms with Gasteiger partial charge in [0.1, 0.15) is 0 Å². The maximum Gasteiger partial charge on any atom is 0.243 e. The molecule has 0 saturated carbocycles. The molecular formula is C14H15N3O. The van der Waals surface area contributed by atoms with Crippen LogP contribution in [0.25, 0.3) is 0 Å². The summed E-state index contributed by atoms with van der Waals surface area (Å²) in [7, 11) is 0. The van der Waals surface area contributed by atoms with E-state index in [0.717, 1.165) is 12.2 Å². The van der Waals surface area contributed by atoms with E-state index in [1.54, 1.807) is 6.08 Å². The van der Waals surface area contributed by atoms with Gasteiger partial charge in [-0.15, -0.1) is 6.58 Å². The van der Waals surface area contributed by atoms with Crippen molar-refractivity contribution >= 4 is 0 Å². The van der Waals surface area contributed by atoms with Crippen LogP contribution in [0.2, 0.25) is 0 Å². The quantitative estimate of drug-likeness (QED) is 0.834. The van der Waals surface area contributed by atoms with Crippen LogP contribution in [0, 0.1) is 0 Å². The zero-order chi connectivity index (χ0) is 12.5. The molecule has 0 saturated heterocycles. The minimum Gasteiger partial charge on any atom is -0.338 e. The summed E-state index contributed by atoms with van der Waals surface area (Å²) in [5.41, 5.74) is 8.56. The van der Waals surface area contributed by atoms with Crippen LogP contribution in [0.15, 0.2) is 41.4 Å². The number of benzene rings is 1. The first-order valence-corrected chi connectivity index (χ1v) is 6.07. The third-order valence-electron chi connectivity index (χ3n) is 3.36. The smallest absolute Gasteiger partial charge is 0.243 e. The van der Waals surface area contributed by atoms with Crippen molar-refractivity contribution in [3.63, 3.8) is 0 Å². The van der Waals surface area contributed by atoms with E-state index in [1.165, 1.54) is 11.1 Å². The highest BCUT2D eigenvalue weighted by Crippen LogP contribution is 2.38. The number of hydrogen-bond acceptors (Lipinski definition) is 4. The monoisotopic (exact) mass is 241 g/mol. The van der Waals surface area contributed by atoms with Gasteiger partial charge in [0.2, 0.25) is 5.89 Å². The first kappa shape index (κ1) is 11.2. The Labute approximate surface area is 106 Å². The Kier molecular flexibility index (Phi) is 2.72. The first-order valence-electron chi connectivity index (χ1n) is 6.07. The maximum atomic E-state index is 5.91. The van der Waals surface area contributed by atoms with Crippen molar-refractivity contribution in [1.29, 1.82) is 0 Å². The number of fused-ring (bicyclic) bond motifs is 1. The van der Waals surface area contributed by atoms with Gasteiger partial charge in [-0.3, -0.25) is 0 Å². The molecule has 2 N–H and O–H groups in total. The van der Waals surface area contributed by atoms with Gasteiger partial charge < -0.3 is 10.3 Å². The lowest BCUT2D eigenvalue weighted by molar-refractivity contribution is 0.349. The van der Waals surface area contributed by atoms with Crippen molar-refractivity contribution in [2.24, 2.45) is 5.73 Å². The van der Waals surface area contributed by atoms with Crippen molar-refractivity contribution < 1.29 is 4.52 Å². The fraction of sp³-hybridized carbons (Fsp3) is 0.286. The summed E-state index contributed by atoms with van der Waals surface area (Å²) < 4.78 is 5.22. The molecule has 4 heteroatoms. The minimum absolute atomic E-state index is 0.251. The lowest BCUT2D eigenvalue weighted by Gasteiger charge is -2.27. The van der Waals surface area contributed by atoms with Gasteiger partial charge in [0.25, 0.3) is 0 Å². The molecule has 0 spiro atoms. The molecule has 1 aliphatic rings. The van der Waals surface area contributed by atoms with E-state index in [9.17, 15) is 0 Å². The predicted molar refractivity (Wildman–Crippen MR) is 68.0 cm³/mol. The lowest BCUT2D eigenvalue weighted by atomic mass is 9.77. The Hall–Kier alpha value is -1.94. The van der Waals surface area contributed by atoms with Gasteiger partial charge in [-0.2, -0.15) is 4.98 Å². The fourth-order valence-corrected chi connectivity index (χ4v) is 2.31. The van der Waals surface area contributed by atoms with Crippen molar-refractivity contribution in [3.05, 3.63) is 59.8 Å².